The summed E-state index contributed by atoms with van der Waals surface area (Å²) in [5.41, 5.74) is 0.544. The van der Waals surface area contributed by atoms with Crippen molar-refractivity contribution < 1.29 is 18.7 Å². The van der Waals surface area contributed by atoms with Crippen LogP contribution in [0.3, 0.4) is 0 Å². The molecule has 0 radical (unpaired) electrons. The average Bonchev–Trinajstić information content (AvgIpc) is 3.42. The van der Waals surface area contributed by atoms with Crippen molar-refractivity contribution in [3.8, 4) is 5.75 Å². The first-order valence-electron chi connectivity index (χ1n) is 10.3. The number of carbonyl (C=O) groups excluding carboxylic acids is 1. The van der Waals surface area contributed by atoms with Crippen LogP contribution in [0.15, 0.2) is 18.2 Å². The Bertz CT molecular complexity index is 701. The van der Waals surface area contributed by atoms with Gasteiger partial charge >= 0.3 is 5.97 Å². The van der Waals surface area contributed by atoms with Crippen molar-refractivity contribution in [3.05, 3.63) is 29.6 Å². The van der Waals surface area contributed by atoms with Gasteiger partial charge in [0.1, 0.15) is 11.6 Å². The highest BCUT2D eigenvalue weighted by Gasteiger charge is 2.43. The van der Waals surface area contributed by atoms with E-state index in [0.29, 0.717) is 37.0 Å². The van der Waals surface area contributed by atoms with Crippen LogP contribution in [0.2, 0.25) is 0 Å². The normalized spacial score (nSPS) is 22.7. The quantitative estimate of drug-likeness (QED) is 0.513. The number of esters is 1. The third-order valence-electron chi connectivity index (χ3n) is 5.97. The molecule has 5 nitrogen and oxygen atoms in total. The van der Waals surface area contributed by atoms with Crippen LogP contribution in [-0.2, 0) is 9.53 Å². The van der Waals surface area contributed by atoms with Crippen LogP contribution < -0.4 is 4.74 Å². The summed E-state index contributed by atoms with van der Waals surface area (Å²) in [6, 6.07) is 4.72. The average molecular weight is 390 g/mol. The van der Waals surface area contributed by atoms with Crippen LogP contribution in [0.25, 0.3) is 0 Å². The van der Waals surface area contributed by atoms with Gasteiger partial charge in [0.05, 0.1) is 19.8 Å². The van der Waals surface area contributed by atoms with Crippen molar-refractivity contribution in [2.45, 2.75) is 39.5 Å². The lowest BCUT2D eigenvalue weighted by molar-refractivity contribution is -0.144. The zero-order valence-electron chi connectivity index (χ0n) is 16.9. The maximum atomic E-state index is 13.9. The zero-order valence-corrected chi connectivity index (χ0v) is 16.9. The smallest absolute Gasteiger partial charge is 0.320 e. The van der Waals surface area contributed by atoms with Gasteiger partial charge in [-0.05, 0) is 82.5 Å². The van der Waals surface area contributed by atoms with Crippen molar-refractivity contribution in [3.63, 3.8) is 0 Å². The first-order valence-corrected chi connectivity index (χ1v) is 10.3. The molecule has 6 heteroatoms. The van der Waals surface area contributed by atoms with Gasteiger partial charge in [-0.25, -0.2) is 4.39 Å². The van der Waals surface area contributed by atoms with Gasteiger partial charge in [0.2, 0.25) is 0 Å². The minimum atomic E-state index is -0.399. The fourth-order valence-corrected chi connectivity index (χ4v) is 4.33. The SMILES string of the molecule is CCOC(=O)CN1CCC(C2CC2CCOc2ccc(C(C)=N)c(F)c2)CC1. The summed E-state index contributed by atoms with van der Waals surface area (Å²) >= 11 is 0. The van der Waals surface area contributed by atoms with Crippen molar-refractivity contribution in [1.29, 1.82) is 5.41 Å². The third-order valence-corrected chi connectivity index (χ3v) is 5.97. The van der Waals surface area contributed by atoms with Crippen LogP contribution in [-0.4, -0.2) is 49.4 Å². The highest BCUT2D eigenvalue weighted by Crippen LogP contribution is 2.49. The molecule has 1 aliphatic heterocycles. The van der Waals surface area contributed by atoms with Gasteiger partial charge in [-0.3, -0.25) is 9.69 Å². The number of carbonyl (C=O) groups is 1. The number of nitrogens with zero attached hydrogens (tertiary/aromatic N) is 1. The molecule has 0 aromatic heterocycles. The predicted molar refractivity (Wildman–Crippen MR) is 106 cm³/mol. The Labute approximate surface area is 166 Å². The molecule has 3 rings (SSSR count). The molecular formula is C22H31FN2O3. The number of rotatable bonds is 9. The van der Waals surface area contributed by atoms with E-state index in [1.807, 2.05) is 6.92 Å². The number of piperidine rings is 1. The van der Waals surface area contributed by atoms with Crippen LogP contribution in [0.5, 0.6) is 5.75 Å². The monoisotopic (exact) mass is 390 g/mol. The molecule has 1 N–H and O–H groups in total. The molecule has 0 spiro atoms. The minimum absolute atomic E-state index is 0.123. The second-order valence-electron chi connectivity index (χ2n) is 7.98. The van der Waals surface area contributed by atoms with Crippen molar-refractivity contribution in [2.75, 3.05) is 32.8 Å². The van der Waals surface area contributed by atoms with Crippen LogP contribution in [0, 0.1) is 29.0 Å². The van der Waals surface area contributed by atoms with Crippen LogP contribution in [0.4, 0.5) is 4.39 Å². The van der Waals surface area contributed by atoms with E-state index in [-0.39, 0.29) is 11.7 Å². The molecule has 0 amide bonds. The molecule has 2 unspecified atom stereocenters. The summed E-state index contributed by atoms with van der Waals surface area (Å²) in [6.45, 7) is 6.82. The molecule has 1 aromatic carbocycles. The second kappa shape index (κ2) is 9.50. The molecule has 1 aromatic rings. The van der Waals surface area contributed by atoms with E-state index < -0.39 is 5.82 Å². The summed E-state index contributed by atoms with van der Waals surface area (Å²) in [6.07, 6.45) is 4.56. The molecule has 2 aliphatic rings. The molecule has 0 bridgehead atoms. The molecule has 28 heavy (non-hydrogen) atoms. The largest absolute Gasteiger partial charge is 0.493 e. The maximum absolute atomic E-state index is 13.9. The number of benzene rings is 1. The van der Waals surface area contributed by atoms with E-state index in [9.17, 15) is 9.18 Å². The van der Waals surface area contributed by atoms with Crippen LogP contribution in [0.1, 0.15) is 45.1 Å². The van der Waals surface area contributed by atoms with E-state index in [1.54, 1.807) is 19.1 Å². The minimum Gasteiger partial charge on any atom is -0.493 e. The number of hydrogen-bond donors (Lipinski definition) is 1. The van der Waals surface area contributed by atoms with Crippen molar-refractivity contribution in [1.82, 2.24) is 4.90 Å². The Balaban J connectivity index is 1.34. The van der Waals surface area contributed by atoms with Crippen LogP contribution >= 0.6 is 0 Å². The van der Waals surface area contributed by atoms with Gasteiger partial charge in [0, 0.05) is 17.3 Å². The molecule has 1 aliphatic carbocycles. The van der Waals surface area contributed by atoms with E-state index in [0.717, 1.165) is 44.2 Å². The number of ether oxygens (including phenoxy) is 2. The standard InChI is InChI=1S/C22H31FN2O3/c1-3-27-22(26)14-25-9-6-16(7-10-25)20-12-17(20)8-11-28-18-4-5-19(15(2)24)21(23)13-18/h4-5,13,16-17,20,24H,3,6-12,14H2,1-2H3. The van der Waals surface area contributed by atoms with Crippen molar-refractivity contribution >= 4 is 11.7 Å². The number of halogens is 1. The van der Waals surface area contributed by atoms with Gasteiger partial charge in [-0.2, -0.15) is 0 Å². The molecular weight excluding hydrogens is 359 g/mol. The first kappa shape index (κ1) is 20.8. The summed E-state index contributed by atoms with van der Waals surface area (Å²) in [7, 11) is 0. The van der Waals surface area contributed by atoms with Gasteiger partial charge in [0.25, 0.3) is 0 Å². The highest BCUT2D eigenvalue weighted by molar-refractivity contribution is 5.96. The Hall–Kier alpha value is -1.95. The summed E-state index contributed by atoms with van der Waals surface area (Å²) < 4.78 is 24.7. The van der Waals surface area contributed by atoms with Gasteiger partial charge in [-0.15, -0.1) is 0 Å². The number of nitrogens with one attached hydrogen (secondary N) is 1. The summed E-state index contributed by atoms with van der Waals surface area (Å²) in [5, 5.41) is 7.53. The number of likely N-dealkylation sites (tertiary alicyclic amines) is 1. The topological polar surface area (TPSA) is 62.6 Å². The summed E-state index contributed by atoms with van der Waals surface area (Å²) in [5.74, 6) is 2.23. The Morgan fingerprint density at radius 3 is 2.71 bits per heavy atom. The van der Waals surface area contributed by atoms with Crippen molar-refractivity contribution in [2.24, 2.45) is 17.8 Å². The van der Waals surface area contributed by atoms with E-state index >= 15 is 0 Å². The predicted octanol–water partition coefficient (Wildman–Crippen LogP) is 3.89. The third kappa shape index (κ3) is 5.53. The Morgan fingerprint density at radius 1 is 1.32 bits per heavy atom. The molecule has 1 heterocycles. The maximum Gasteiger partial charge on any atom is 0.320 e. The second-order valence-corrected chi connectivity index (χ2v) is 7.98. The first-order chi connectivity index (χ1) is 13.5. The Morgan fingerprint density at radius 2 is 2.07 bits per heavy atom. The molecule has 154 valence electrons. The fourth-order valence-electron chi connectivity index (χ4n) is 4.33. The number of hydrogen-bond acceptors (Lipinski definition) is 5. The molecule has 1 saturated heterocycles. The van der Waals surface area contributed by atoms with Gasteiger partial charge < -0.3 is 14.9 Å². The van der Waals surface area contributed by atoms with E-state index in [4.69, 9.17) is 14.9 Å². The summed E-state index contributed by atoms with van der Waals surface area (Å²) in [4.78, 5) is 13.8. The lowest BCUT2D eigenvalue weighted by atomic mass is 9.90. The van der Waals surface area contributed by atoms with Gasteiger partial charge in [0.15, 0.2) is 0 Å². The molecule has 1 saturated carbocycles. The van der Waals surface area contributed by atoms with E-state index in [2.05, 4.69) is 4.90 Å². The fraction of sp³-hybridized carbons (Fsp3) is 0.636. The molecule has 2 fully saturated rings. The lowest BCUT2D eigenvalue weighted by Gasteiger charge is -2.31. The molecule has 2 atom stereocenters. The zero-order chi connectivity index (χ0) is 20.1. The highest BCUT2D eigenvalue weighted by atomic mass is 19.1. The van der Waals surface area contributed by atoms with Gasteiger partial charge in [-0.1, -0.05) is 0 Å². The van der Waals surface area contributed by atoms with E-state index in [1.165, 1.54) is 12.5 Å². The lowest BCUT2D eigenvalue weighted by Crippen LogP contribution is -2.38. The Kier molecular flexibility index (Phi) is 7.05.